The van der Waals surface area contributed by atoms with Gasteiger partial charge in [0.2, 0.25) is 17.6 Å². The van der Waals surface area contributed by atoms with Gasteiger partial charge in [-0.15, -0.1) is 0 Å². The molecular weight excluding hydrogens is 524 g/mol. The number of rotatable bonds is 10. The van der Waals surface area contributed by atoms with E-state index in [4.69, 9.17) is 14.0 Å². The number of hydrogen-bond donors (Lipinski definition) is 1. The van der Waals surface area contributed by atoms with E-state index in [1.807, 2.05) is 63.2 Å². The van der Waals surface area contributed by atoms with Crippen LogP contribution in [0.5, 0.6) is 11.5 Å². The first-order chi connectivity index (χ1) is 17.5. The standard InChI is InChI=1S/C27H33BrN4O4/c1-4-34-23-13-10-20(15-24(23)35-5-2)18(3)29-27(33)21-7-6-14-32(16-21)17-25-30-26(31-36-25)19-8-11-22(28)12-9-19/h8-13,15,18,21H,4-7,14,16-17H2,1-3H3,(H,29,33). The molecule has 1 saturated heterocycles. The highest BCUT2D eigenvalue weighted by molar-refractivity contribution is 9.10. The fourth-order valence-electron chi connectivity index (χ4n) is 4.39. The Kier molecular flexibility index (Phi) is 8.98. The van der Waals surface area contributed by atoms with Crippen LogP contribution in [0.3, 0.4) is 0 Å². The Morgan fingerprint density at radius 1 is 1.17 bits per heavy atom. The van der Waals surface area contributed by atoms with Gasteiger partial charge in [-0.05, 0) is 82.1 Å². The topological polar surface area (TPSA) is 89.7 Å². The third-order valence-corrected chi connectivity index (χ3v) is 6.76. The predicted octanol–water partition coefficient (Wildman–Crippen LogP) is 5.39. The van der Waals surface area contributed by atoms with Crippen LogP contribution in [0.4, 0.5) is 0 Å². The Hall–Kier alpha value is -2.91. The number of likely N-dealkylation sites (tertiary alicyclic amines) is 1. The van der Waals surface area contributed by atoms with Crippen LogP contribution in [0.1, 0.15) is 51.1 Å². The first-order valence-electron chi connectivity index (χ1n) is 12.5. The smallest absolute Gasteiger partial charge is 0.241 e. The molecule has 4 rings (SSSR count). The lowest BCUT2D eigenvalue weighted by Gasteiger charge is -2.31. The molecule has 1 aliphatic rings. The molecule has 2 aromatic carbocycles. The van der Waals surface area contributed by atoms with Crippen molar-refractivity contribution >= 4 is 21.8 Å². The number of carbonyl (C=O) groups excluding carboxylic acids is 1. The summed E-state index contributed by atoms with van der Waals surface area (Å²) in [6, 6.07) is 13.5. The molecule has 3 aromatic rings. The van der Waals surface area contributed by atoms with Crippen molar-refractivity contribution in [3.8, 4) is 22.9 Å². The van der Waals surface area contributed by atoms with Gasteiger partial charge in [-0.3, -0.25) is 9.69 Å². The van der Waals surface area contributed by atoms with Crippen molar-refractivity contribution in [3.05, 3.63) is 58.4 Å². The van der Waals surface area contributed by atoms with Gasteiger partial charge >= 0.3 is 0 Å². The number of ether oxygens (including phenoxy) is 2. The number of benzene rings is 2. The second kappa shape index (κ2) is 12.4. The lowest BCUT2D eigenvalue weighted by molar-refractivity contribution is -0.127. The summed E-state index contributed by atoms with van der Waals surface area (Å²) in [6.45, 7) is 9.07. The van der Waals surface area contributed by atoms with E-state index in [0.29, 0.717) is 49.5 Å². The van der Waals surface area contributed by atoms with Crippen molar-refractivity contribution in [2.45, 2.75) is 46.2 Å². The van der Waals surface area contributed by atoms with Gasteiger partial charge in [-0.2, -0.15) is 4.98 Å². The summed E-state index contributed by atoms with van der Waals surface area (Å²) >= 11 is 3.44. The Labute approximate surface area is 220 Å². The van der Waals surface area contributed by atoms with Crippen molar-refractivity contribution in [3.63, 3.8) is 0 Å². The van der Waals surface area contributed by atoms with E-state index in [2.05, 4.69) is 36.3 Å². The van der Waals surface area contributed by atoms with E-state index < -0.39 is 0 Å². The highest BCUT2D eigenvalue weighted by Gasteiger charge is 2.28. The minimum atomic E-state index is -0.146. The number of nitrogens with zero attached hydrogens (tertiary/aromatic N) is 3. The summed E-state index contributed by atoms with van der Waals surface area (Å²) in [7, 11) is 0. The minimum absolute atomic E-state index is 0.0557. The van der Waals surface area contributed by atoms with Crippen molar-refractivity contribution in [2.75, 3.05) is 26.3 Å². The first-order valence-corrected chi connectivity index (χ1v) is 13.3. The van der Waals surface area contributed by atoms with Gasteiger partial charge < -0.3 is 19.3 Å². The van der Waals surface area contributed by atoms with Crippen LogP contribution in [0, 0.1) is 5.92 Å². The molecule has 0 aliphatic carbocycles. The van der Waals surface area contributed by atoms with Gasteiger partial charge in [-0.1, -0.05) is 27.2 Å². The maximum Gasteiger partial charge on any atom is 0.241 e. The monoisotopic (exact) mass is 556 g/mol. The van der Waals surface area contributed by atoms with Crippen LogP contribution in [0.15, 0.2) is 51.5 Å². The molecule has 2 heterocycles. The normalized spacial score (nSPS) is 16.9. The molecule has 2 unspecified atom stereocenters. The predicted molar refractivity (Wildman–Crippen MR) is 141 cm³/mol. The zero-order valence-corrected chi connectivity index (χ0v) is 22.6. The quantitative estimate of drug-likeness (QED) is 0.358. The Morgan fingerprint density at radius 2 is 1.92 bits per heavy atom. The Morgan fingerprint density at radius 3 is 2.67 bits per heavy atom. The molecule has 1 amide bonds. The van der Waals surface area contributed by atoms with Crippen LogP contribution >= 0.6 is 15.9 Å². The molecule has 0 radical (unpaired) electrons. The molecule has 1 aliphatic heterocycles. The maximum atomic E-state index is 13.1. The second-order valence-corrected chi connectivity index (χ2v) is 9.81. The molecule has 0 saturated carbocycles. The molecule has 0 bridgehead atoms. The Bertz CT molecular complexity index is 1150. The number of nitrogens with one attached hydrogen (secondary N) is 1. The van der Waals surface area contributed by atoms with E-state index in [9.17, 15) is 4.79 Å². The van der Waals surface area contributed by atoms with Crippen LogP contribution in [-0.4, -0.2) is 47.3 Å². The minimum Gasteiger partial charge on any atom is -0.490 e. The van der Waals surface area contributed by atoms with Crippen LogP contribution < -0.4 is 14.8 Å². The molecule has 36 heavy (non-hydrogen) atoms. The molecule has 0 spiro atoms. The lowest BCUT2D eigenvalue weighted by atomic mass is 9.96. The summed E-state index contributed by atoms with van der Waals surface area (Å²) in [6.07, 6.45) is 1.80. The van der Waals surface area contributed by atoms with Gasteiger partial charge in [-0.25, -0.2) is 0 Å². The zero-order valence-electron chi connectivity index (χ0n) is 21.0. The van der Waals surface area contributed by atoms with Crippen LogP contribution in [0.25, 0.3) is 11.4 Å². The number of halogens is 1. The SMILES string of the molecule is CCOc1ccc(C(C)NC(=O)C2CCCN(Cc3nc(-c4ccc(Br)cc4)no3)C2)cc1OCC. The first kappa shape index (κ1) is 26.2. The van der Waals surface area contributed by atoms with E-state index in [-0.39, 0.29) is 17.9 Å². The summed E-state index contributed by atoms with van der Waals surface area (Å²) in [4.78, 5) is 19.9. The molecule has 1 aromatic heterocycles. The average molecular weight is 557 g/mol. The van der Waals surface area contributed by atoms with Crippen molar-refractivity contribution < 1.29 is 18.8 Å². The molecular formula is C27H33BrN4O4. The Balaban J connectivity index is 1.34. The number of carbonyl (C=O) groups is 1. The number of amides is 1. The van der Waals surface area contributed by atoms with Crippen LogP contribution in [0.2, 0.25) is 0 Å². The second-order valence-electron chi connectivity index (χ2n) is 8.90. The van der Waals surface area contributed by atoms with E-state index in [1.165, 1.54) is 0 Å². The lowest BCUT2D eigenvalue weighted by Crippen LogP contribution is -2.43. The molecule has 192 valence electrons. The molecule has 1 fully saturated rings. The van der Waals surface area contributed by atoms with Crippen molar-refractivity contribution in [1.82, 2.24) is 20.4 Å². The van der Waals surface area contributed by atoms with Crippen molar-refractivity contribution in [1.29, 1.82) is 0 Å². The third-order valence-electron chi connectivity index (χ3n) is 6.23. The van der Waals surface area contributed by atoms with Gasteiger partial charge in [0, 0.05) is 16.6 Å². The largest absolute Gasteiger partial charge is 0.490 e. The molecule has 8 nitrogen and oxygen atoms in total. The van der Waals surface area contributed by atoms with E-state index in [1.54, 1.807) is 0 Å². The summed E-state index contributed by atoms with van der Waals surface area (Å²) in [5.41, 5.74) is 1.88. The van der Waals surface area contributed by atoms with E-state index in [0.717, 1.165) is 35.0 Å². The van der Waals surface area contributed by atoms with Crippen molar-refractivity contribution in [2.24, 2.45) is 5.92 Å². The van der Waals surface area contributed by atoms with Gasteiger partial charge in [0.05, 0.1) is 31.7 Å². The number of aromatic nitrogens is 2. The molecule has 9 heteroatoms. The van der Waals surface area contributed by atoms with Crippen LogP contribution in [-0.2, 0) is 11.3 Å². The van der Waals surface area contributed by atoms with Gasteiger partial charge in [0.1, 0.15) is 0 Å². The highest BCUT2D eigenvalue weighted by atomic mass is 79.9. The van der Waals surface area contributed by atoms with Gasteiger partial charge in [0.25, 0.3) is 0 Å². The number of hydrogen-bond acceptors (Lipinski definition) is 7. The summed E-state index contributed by atoms with van der Waals surface area (Å²) in [5, 5.41) is 7.30. The maximum absolute atomic E-state index is 13.1. The molecule has 1 N–H and O–H groups in total. The fraction of sp³-hybridized carbons (Fsp3) is 0.444. The summed E-state index contributed by atoms with van der Waals surface area (Å²) < 4.78 is 17.9. The fourth-order valence-corrected chi connectivity index (χ4v) is 4.66. The zero-order chi connectivity index (χ0) is 25.5. The number of piperidine rings is 1. The summed E-state index contributed by atoms with van der Waals surface area (Å²) in [5.74, 6) is 2.50. The van der Waals surface area contributed by atoms with E-state index >= 15 is 0 Å². The highest BCUT2D eigenvalue weighted by Crippen LogP contribution is 2.31. The average Bonchev–Trinajstić information content (AvgIpc) is 3.34. The third kappa shape index (κ3) is 6.64. The van der Waals surface area contributed by atoms with Gasteiger partial charge in [0.15, 0.2) is 11.5 Å². The molecule has 2 atom stereocenters.